The van der Waals surface area contributed by atoms with Crippen molar-refractivity contribution in [3.63, 3.8) is 0 Å². The van der Waals surface area contributed by atoms with Crippen LogP contribution in [-0.4, -0.2) is 58.6 Å². The van der Waals surface area contributed by atoms with Crippen LogP contribution in [0.15, 0.2) is 30.3 Å². The van der Waals surface area contributed by atoms with E-state index >= 15 is 0 Å². The quantitative estimate of drug-likeness (QED) is 0.539. The molecule has 0 bridgehead atoms. The summed E-state index contributed by atoms with van der Waals surface area (Å²) in [6, 6.07) is 9.52. The maximum Gasteiger partial charge on any atom is 0.237 e. The van der Waals surface area contributed by atoms with Crippen molar-refractivity contribution in [3.8, 4) is 0 Å². The van der Waals surface area contributed by atoms with E-state index in [0.717, 1.165) is 5.56 Å². The van der Waals surface area contributed by atoms with Crippen LogP contribution in [0.2, 0.25) is 0 Å². The van der Waals surface area contributed by atoms with Crippen LogP contribution in [0.25, 0.3) is 0 Å². The molecule has 3 N–H and O–H groups in total. The third-order valence-electron chi connectivity index (χ3n) is 4.08. The molecule has 0 saturated heterocycles. The van der Waals surface area contributed by atoms with Crippen molar-refractivity contribution >= 4 is 23.4 Å². The fourth-order valence-electron chi connectivity index (χ4n) is 2.14. The fourth-order valence-corrected chi connectivity index (χ4v) is 2.31. The van der Waals surface area contributed by atoms with Crippen LogP contribution < -0.4 is 5.32 Å². The number of aliphatic hydroxyl groups excluding tert-OH is 2. The Hall–Kier alpha value is -1.63. The first-order chi connectivity index (χ1) is 11.8. The number of amides is 2. The first kappa shape index (κ1) is 21.4. The van der Waals surface area contributed by atoms with Gasteiger partial charge in [-0.05, 0) is 5.56 Å². The van der Waals surface area contributed by atoms with E-state index in [0.29, 0.717) is 13.1 Å². The van der Waals surface area contributed by atoms with Crippen molar-refractivity contribution < 1.29 is 19.8 Å². The number of nitrogens with one attached hydrogen (secondary N) is 1. The molecule has 25 heavy (non-hydrogen) atoms. The van der Waals surface area contributed by atoms with Gasteiger partial charge < -0.3 is 20.4 Å². The lowest BCUT2D eigenvalue weighted by atomic mass is 9.85. The van der Waals surface area contributed by atoms with Gasteiger partial charge in [-0.25, -0.2) is 0 Å². The van der Waals surface area contributed by atoms with Crippen molar-refractivity contribution in [2.75, 3.05) is 25.6 Å². The molecule has 0 aliphatic rings. The van der Waals surface area contributed by atoms with Crippen LogP contribution in [0.3, 0.4) is 0 Å². The van der Waals surface area contributed by atoms with E-state index in [-0.39, 0.29) is 37.3 Å². The first-order valence-electron chi connectivity index (χ1n) is 8.23. The van der Waals surface area contributed by atoms with E-state index in [1.165, 1.54) is 0 Å². The number of rotatable bonds is 10. The Balaban J connectivity index is 2.49. The van der Waals surface area contributed by atoms with Gasteiger partial charge in [-0.2, -0.15) is 0 Å². The molecule has 1 rings (SSSR count). The minimum Gasteiger partial charge on any atom is -0.396 e. The average Bonchev–Trinajstić information content (AvgIpc) is 2.60. The number of hydrogen-bond donors (Lipinski definition) is 3. The molecule has 0 fully saturated rings. The number of carbonyl (C=O) groups is 2. The molecule has 0 radical (unpaired) electrons. The predicted octanol–water partition coefficient (Wildman–Crippen LogP) is 1.14. The van der Waals surface area contributed by atoms with Gasteiger partial charge in [0, 0.05) is 25.0 Å². The number of benzene rings is 1. The van der Waals surface area contributed by atoms with Crippen molar-refractivity contribution in [2.45, 2.75) is 32.9 Å². The average molecular weight is 371 g/mol. The maximum atomic E-state index is 12.0. The molecule has 1 aromatic carbocycles. The molecule has 1 unspecified atom stereocenters. The highest BCUT2D eigenvalue weighted by molar-refractivity contribution is 6.27. The molecular weight excluding hydrogens is 344 g/mol. The highest BCUT2D eigenvalue weighted by Gasteiger charge is 2.28. The smallest absolute Gasteiger partial charge is 0.237 e. The van der Waals surface area contributed by atoms with Gasteiger partial charge in [-0.1, -0.05) is 44.2 Å². The molecule has 2 amide bonds. The molecule has 0 aromatic heterocycles. The second-order valence-electron chi connectivity index (χ2n) is 6.65. The van der Waals surface area contributed by atoms with E-state index < -0.39 is 11.5 Å². The highest BCUT2D eigenvalue weighted by atomic mass is 35.5. The molecule has 0 heterocycles. The Morgan fingerprint density at radius 3 is 2.48 bits per heavy atom. The van der Waals surface area contributed by atoms with Crippen LogP contribution in [0.1, 0.15) is 25.8 Å². The number of carbonyl (C=O) groups excluding carboxylic acids is 2. The Kier molecular flexibility index (Phi) is 8.89. The van der Waals surface area contributed by atoms with Crippen molar-refractivity contribution in [1.82, 2.24) is 10.2 Å². The normalized spacial score (nSPS) is 12.5. The Labute approximate surface area is 153 Å². The van der Waals surface area contributed by atoms with Crippen molar-refractivity contribution in [1.29, 1.82) is 0 Å². The predicted molar refractivity (Wildman–Crippen MR) is 97.1 cm³/mol. The van der Waals surface area contributed by atoms with Crippen molar-refractivity contribution in [2.24, 2.45) is 5.41 Å². The first-order valence-corrected chi connectivity index (χ1v) is 8.77. The van der Waals surface area contributed by atoms with Crippen LogP contribution >= 0.6 is 11.6 Å². The van der Waals surface area contributed by atoms with Crippen LogP contribution in [0.5, 0.6) is 0 Å². The second kappa shape index (κ2) is 10.4. The van der Waals surface area contributed by atoms with Gasteiger partial charge in [0.15, 0.2) is 0 Å². The SMILES string of the molecule is CC(C)(CO)C(O)CC(=O)NCCN(Cc1ccccc1)C(=O)CCl. The summed E-state index contributed by atoms with van der Waals surface area (Å²) >= 11 is 5.65. The summed E-state index contributed by atoms with van der Waals surface area (Å²) in [5, 5.41) is 21.9. The van der Waals surface area contributed by atoms with E-state index in [9.17, 15) is 19.8 Å². The van der Waals surface area contributed by atoms with Crippen LogP contribution in [0.4, 0.5) is 0 Å². The van der Waals surface area contributed by atoms with Crippen LogP contribution in [0, 0.1) is 5.41 Å². The summed E-state index contributed by atoms with van der Waals surface area (Å²) in [4.78, 5) is 25.4. The third kappa shape index (κ3) is 7.42. The summed E-state index contributed by atoms with van der Waals surface area (Å²) in [5.41, 5.74) is 0.234. The number of nitrogens with zero attached hydrogens (tertiary/aromatic N) is 1. The zero-order valence-corrected chi connectivity index (χ0v) is 15.5. The van der Waals surface area contributed by atoms with E-state index in [1.54, 1.807) is 18.7 Å². The van der Waals surface area contributed by atoms with Crippen LogP contribution in [-0.2, 0) is 16.1 Å². The highest BCUT2D eigenvalue weighted by Crippen LogP contribution is 2.21. The molecule has 0 aliphatic heterocycles. The number of aliphatic hydroxyl groups is 2. The lowest BCUT2D eigenvalue weighted by molar-refractivity contribution is -0.130. The molecule has 7 heteroatoms. The molecule has 0 aliphatic carbocycles. The minimum absolute atomic E-state index is 0.101. The molecular formula is C18H27ClN2O4. The maximum absolute atomic E-state index is 12.0. The summed E-state index contributed by atoms with van der Waals surface area (Å²) in [6.45, 7) is 4.17. The molecule has 1 aromatic rings. The topological polar surface area (TPSA) is 89.9 Å². The third-order valence-corrected chi connectivity index (χ3v) is 4.30. The van der Waals surface area contributed by atoms with Crippen molar-refractivity contribution in [3.05, 3.63) is 35.9 Å². The molecule has 0 spiro atoms. The van der Waals surface area contributed by atoms with Gasteiger partial charge in [-0.15, -0.1) is 11.6 Å². The minimum atomic E-state index is -0.942. The van der Waals surface area contributed by atoms with Gasteiger partial charge in [0.05, 0.1) is 19.1 Å². The van der Waals surface area contributed by atoms with Gasteiger partial charge in [-0.3, -0.25) is 9.59 Å². The number of halogens is 1. The zero-order chi connectivity index (χ0) is 18.9. The zero-order valence-electron chi connectivity index (χ0n) is 14.7. The van der Waals surface area contributed by atoms with Gasteiger partial charge in [0.2, 0.25) is 11.8 Å². The van der Waals surface area contributed by atoms with E-state index in [4.69, 9.17) is 11.6 Å². The summed E-state index contributed by atoms with van der Waals surface area (Å²) in [7, 11) is 0. The van der Waals surface area contributed by atoms with Gasteiger partial charge in [0.25, 0.3) is 0 Å². The number of alkyl halides is 1. The second-order valence-corrected chi connectivity index (χ2v) is 6.92. The Bertz CT molecular complexity index is 551. The van der Waals surface area contributed by atoms with Gasteiger partial charge in [0.1, 0.15) is 5.88 Å². The number of hydrogen-bond acceptors (Lipinski definition) is 4. The van der Waals surface area contributed by atoms with Gasteiger partial charge >= 0.3 is 0 Å². The van der Waals surface area contributed by atoms with E-state index in [1.807, 2.05) is 30.3 Å². The summed E-state index contributed by atoms with van der Waals surface area (Å²) in [5.74, 6) is -0.655. The standard InChI is InChI=1S/C18H27ClN2O4/c1-18(2,13-22)15(23)10-16(24)20-8-9-21(17(25)11-19)12-14-6-4-3-5-7-14/h3-7,15,22-23H,8-13H2,1-2H3,(H,20,24). The summed E-state index contributed by atoms with van der Waals surface area (Å²) in [6.07, 6.45) is -1.04. The molecule has 0 saturated carbocycles. The summed E-state index contributed by atoms with van der Waals surface area (Å²) < 4.78 is 0. The lowest BCUT2D eigenvalue weighted by Gasteiger charge is -2.28. The monoisotopic (exact) mass is 370 g/mol. The largest absolute Gasteiger partial charge is 0.396 e. The fraction of sp³-hybridized carbons (Fsp3) is 0.556. The molecule has 6 nitrogen and oxygen atoms in total. The Morgan fingerprint density at radius 2 is 1.92 bits per heavy atom. The molecule has 140 valence electrons. The van der Waals surface area contributed by atoms with E-state index in [2.05, 4.69) is 5.32 Å². The molecule has 1 atom stereocenters. The Morgan fingerprint density at radius 1 is 1.28 bits per heavy atom. The lowest BCUT2D eigenvalue weighted by Crippen LogP contribution is -2.41.